The van der Waals surface area contributed by atoms with Crippen molar-refractivity contribution in [2.24, 2.45) is 5.92 Å². The van der Waals surface area contributed by atoms with Gasteiger partial charge in [-0.15, -0.1) is 0 Å². The molecule has 2 aromatic carbocycles. The lowest BCUT2D eigenvalue weighted by Crippen LogP contribution is -2.47. The molecular weight excluding hydrogens is 444 g/mol. The maximum Gasteiger partial charge on any atom is 0.407 e. The number of carbonyl (C=O) groups excluding carboxylic acids is 2. The molecule has 0 spiro atoms. The Kier molecular flexibility index (Phi) is 9.29. The van der Waals surface area contributed by atoms with Crippen molar-refractivity contribution in [1.82, 2.24) is 10.6 Å². The molecule has 2 amide bonds. The molecule has 0 saturated heterocycles. The summed E-state index contributed by atoms with van der Waals surface area (Å²) in [6, 6.07) is 14.9. The van der Waals surface area contributed by atoms with E-state index in [1.165, 1.54) is 0 Å². The lowest BCUT2D eigenvalue weighted by atomic mass is 9.98. The van der Waals surface area contributed by atoms with Gasteiger partial charge in [0.2, 0.25) is 5.91 Å². The third-order valence-electron chi connectivity index (χ3n) is 6.80. The Morgan fingerprint density at radius 3 is 2.11 bits per heavy atom. The number of fused-ring (bicyclic) bond motifs is 3. The fourth-order valence-corrected chi connectivity index (χ4v) is 4.62. The first-order valence-corrected chi connectivity index (χ1v) is 12.5. The number of carboxylic acids is 1. The van der Waals surface area contributed by atoms with Gasteiger partial charge in [-0.05, 0) is 34.6 Å². The molecule has 0 heterocycles. The van der Waals surface area contributed by atoms with Crippen molar-refractivity contribution in [2.45, 2.75) is 70.9 Å². The van der Waals surface area contributed by atoms with Gasteiger partial charge in [-0.2, -0.15) is 0 Å². The summed E-state index contributed by atoms with van der Waals surface area (Å²) >= 11 is 0. The Bertz CT molecular complexity index is 992. The highest BCUT2D eigenvalue weighted by atomic mass is 16.5. The summed E-state index contributed by atoms with van der Waals surface area (Å²) in [5.74, 6) is -1.68. The van der Waals surface area contributed by atoms with E-state index >= 15 is 0 Å². The van der Waals surface area contributed by atoms with E-state index in [4.69, 9.17) is 4.74 Å². The molecule has 0 aromatic heterocycles. The van der Waals surface area contributed by atoms with Crippen LogP contribution in [-0.4, -0.2) is 41.8 Å². The van der Waals surface area contributed by atoms with Gasteiger partial charge in [-0.25, -0.2) is 9.59 Å². The average Bonchev–Trinajstić information content (AvgIpc) is 3.17. The van der Waals surface area contributed by atoms with Crippen LogP contribution in [-0.2, 0) is 14.3 Å². The highest BCUT2D eigenvalue weighted by Gasteiger charge is 2.30. The van der Waals surface area contributed by atoms with Crippen molar-refractivity contribution in [1.29, 1.82) is 0 Å². The van der Waals surface area contributed by atoms with Crippen molar-refractivity contribution >= 4 is 18.0 Å². The van der Waals surface area contributed by atoms with Crippen molar-refractivity contribution in [2.75, 3.05) is 6.61 Å². The highest BCUT2D eigenvalue weighted by molar-refractivity contribution is 5.84. The van der Waals surface area contributed by atoms with Gasteiger partial charge < -0.3 is 20.5 Å². The van der Waals surface area contributed by atoms with E-state index < -0.39 is 30.1 Å². The normalized spacial score (nSPS) is 14.8. The molecular formula is C28H36N2O5. The second-order valence-corrected chi connectivity index (χ2v) is 9.28. The number of ether oxygens (including phenoxy) is 1. The predicted octanol–water partition coefficient (Wildman–Crippen LogP) is 5.09. The van der Waals surface area contributed by atoms with Gasteiger partial charge in [-0.1, -0.05) is 88.6 Å². The SMILES string of the molecule is CCCC[C@@H](CC(=O)N[C@H](C(=O)O)C(C)CC)NC(=O)OCC1c2ccccc2-c2ccccc21. The molecule has 1 aliphatic carbocycles. The van der Waals surface area contributed by atoms with Gasteiger partial charge in [0.05, 0.1) is 0 Å². The smallest absolute Gasteiger partial charge is 0.407 e. The number of rotatable bonds is 12. The van der Waals surface area contributed by atoms with E-state index in [9.17, 15) is 19.5 Å². The topological polar surface area (TPSA) is 105 Å². The first kappa shape index (κ1) is 26.3. The largest absolute Gasteiger partial charge is 0.480 e. The number of carboxylic acid groups (broad SMARTS) is 1. The van der Waals surface area contributed by atoms with Crippen molar-refractivity contribution < 1.29 is 24.2 Å². The monoisotopic (exact) mass is 480 g/mol. The van der Waals surface area contributed by atoms with Gasteiger partial charge in [0.25, 0.3) is 0 Å². The second-order valence-electron chi connectivity index (χ2n) is 9.28. The highest BCUT2D eigenvalue weighted by Crippen LogP contribution is 2.44. The van der Waals surface area contributed by atoms with Crippen LogP contribution in [0.3, 0.4) is 0 Å². The summed E-state index contributed by atoms with van der Waals surface area (Å²) < 4.78 is 5.63. The summed E-state index contributed by atoms with van der Waals surface area (Å²) in [6.45, 7) is 5.91. The minimum absolute atomic E-state index is 0.00437. The lowest BCUT2D eigenvalue weighted by molar-refractivity contribution is -0.143. The first-order chi connectivity index (χ1) is 16.8. The summed E-state index contributed by atoms with van der Waals surface area (Å²) in [5, 5.41) is 14.9. The molecule has 0 fully saturated rings. The lowest BCUT2D eigenvalue weighted by Gasteiger charge is -2.23. The maximum absolute atomic E-state index is 12.7. The van der Waals surface area contributed by atoms with E-state index in [-0.39, 0.29) is 24.9 Å². The maximum atomic E-state index is 12.7. The molecule has 2 aromatic rings. The molecule has 0 aliphatic heterocycles. The van der Waals surface area contributed by atoms with Gasteiger partial charge in [0, 0.05) is 18.4 Å². The molecule has 7 heteroatoms. The molecule has 35 heavy (non-hydrogen) atoms. The standard InChI is InChI=1S/C28H36N2O5/c1-4-6-11-19(16-25(31)30-26(27(32)33)18(3)5-2)29-28(34)35-17-24-22-14-9-7-12-20(22)21-13-8-10-15-23(21)24/h7-10,12-15,18-19,24,26H,4-6,11,16-17H2,1-3H3,(H,29,34)(H,30,31)(H,32,33)/t18?,19-,26-/m0/s1. The molecule has 0 radical (unpaired) electrons. The van der Waals surface area contributed by atoms with E-state index in [1.54, 1.807) is 6.92 Å². The molecule has 1 unspecified atom stereocenters. The Hall–Kier alpha value is -3.35. The van der Waals surface area contributed by atoms with Gasteiger partial charge >= 0.3 is 12.1 Å². The molecule has 3 N–H and O–H groups in total. The van der Waals surface area contributed by atoms with Crippen LogP contribution in [0.1, 0.15) is 69.9 Å². The number of aliphatic carboxylic acids is 1. The van der Waals surface area contributed by atoms with Crippen molar-refractivity contribution in [3.63, 3.8) is 0 Å². The minimum Gasteiger partial charge on any atom is -0.480 e. The number of carbonyl (C=O) groups is 3. The molecule has 3 rings (SSSR count). The van der Waals surface area contributed by atoms with Crippen LogP contribution >= 0.6 is 0 Å². The van der Waals surface area contributed by atoms with Gasteiger partial charge in [0.1, 0.15) is 12.6 Å². The number of alkyl carbamates (subject to hydrolysis) is 1. The van der Waals surface area contributed by atoms with Crippen molar-refractivity contribution in [3.8, 4) is 11.1 Å². The summed E-state index contributed by atoms with van der Waals surface area (Å²) in [7, 11) is 0. The van der Waals surface area contributed by atoms with Crippen LogP contribution in [0.2, 0.25) is 0 Å². The summed E-state index contributed by atoms with van der Waals surface area (Å²) in [4.78, 5) is 36.9. The molecule has 0 saturated carbocycles. The van der Waals surface area contributed by atoms with E-state index in [0.717, 1.165) is 35.1 Å². The van der Waals surface area contributed by atoms with E-state index in [0.29, 0.717) is 12.8 Å². The molecule has 0 bridgehead atoms. The zero-order valence-corrected chi connectivity index (χ0v) is 20.8. The Morgan fingerprint density at radius 1 is 0.971 bits per heavy atom. The third kappa shape index (κ3) is 6.62. The zero-order chi connectivity index (χ0) is 25.4. The average molecular weight is 481 g/mol. The van der Waals surface area contributed by atoms with Crippen LogP contribution in [0.25, 0.3) is 11.1 Å². The van der Waals surface area contributed by atoms with Crippen LogP contribution in [0.15, 0.2) is 48.5 Å². The number of hydrogen-bond acceptors (Lipinski definition) is 4. The Labute approximate surface area is 207 Å². The van der Waals surface area contributed by atoms with E-state index in [2.05, 4.69) is 34.9 Å². The number of amides is 2. The molecule has 3 atom stereocenters. The molecule has 7 nitrogen and oxygen atoms in total. The minimum atomic E-state index is -1.05. The van der Waals surface area contributed by atoms with Crippen LogP contribution < -0.4 is 10.6 Å². The summed E-state index contributed by atoms with van der Waals surface area (Å²) in [5.41, 5.74) is 4.58. The fourth-order valence-electron chi connectivity index (χ4n) is 4.62. The first-order valence-electron chi connectivity index (χ1n) is 12.5. The van der Waals surface area contributed by atoms with Gasteiger partial charge in [0.15, 0.2) is 0 Å². The number of nitrogens with one attached hydrogen (secondary N) is 2. The van der Waals surface area contributed by atoms with Crippen LogP contribution in [0.4, 0.5) is 4.79 Å². The van der Waals surface area contributed by atoms with E-state index in [1.807, 2.05) is 38.1 Å². The third-order valence-corrected chi connectivity index (χ3v) is 6.80. The Morgan fingerprint density at radius 2 is 1.57 bits per heavy atom. The molecule has 1 aliphatic rings. The molecule has 188 valence electrons. The Balaban J connectivity index is 1.61. The second kappa shape index (κ2) is 12.4. The fraction of sp³-hybridized carbons (Fsp3) is 0.464. The van der Waals surface area contributed by atoms with Crippen LogP contribution in [0, 0.1) is 5.92 Å². The number of hydrogen-bond donors (Lipinski definition) is 3. The summed E-state index contributed by atoms with van der Waals surface area (Å²) in [6.07, 6.45) is 2.41. The van der Waals surface area contributed by atoms with Crippen LogP contribution in [0.5, 0.6) is 0 Å². The quantitative estimate of drug-likeness (QED) is 0.392. The number of benzene rings is 2. The van der Waals surface area contributed by atoms with Crippen molar-refractivity contribution in [3.05, 3.63) is 59.7 Å². The zero-order valence-electron chi connectivity index (χ0n) is 20.8. The predicted molar refractivity (Wildman–Crippen MR) is 135 cm³/mol. The number of unbranched alkanes of at least 4 members (excludes halogenated alkanes) is 1. The van der Waals surface area contributed by atoms with Gasteiger partial charge in [-0.3, -0.25) is 4.79 Å².